The van der Waals surface area contributed by atoms with Gasteiger partial charge in [0.15, 0.2) is 5.13 Å². The van der Waals surface area contributed by atoms with Gasteiger partial charge in [-0.1, -0.05) is 56.4 Å². The van der Waals surface area contributed by atoms with E-state index in [1.54, 1.807) is 48.7 Å². The Morgan fingerprint density at radius 3 is 2.56 bits per heavy atom. The Morgan fingerprint density at radius 1 is 1.06 bits per heavy atom. The third-order valence-corrected chi connectivity index (χ3v) is 7.22. The molecule has 0 bridgehead atoms. The van der Waals surface area contributed by atoms with Crippen molar-refractivity contribution in [2.45, 2.75) is 32.2 Å². The first kappa shape index (κ1) is 23.7. The van der Waals surface area contributed by atoms with Crippen LogP contribution >= 0.6 is 11.3 Å². The third kappa shape index (κ3) is 4.03. The van der Waals surface area contributed by atoms with Crippen molar-refractivity contribution in [1.82, 2.24) is 9.97 Å². The number of ketones is 1. The van der Waals surface area contributed by atoms with Crippen LogP contribution in [-0.4, -0.2) is 33.9 Å². The predicted molar refractivity (Wildman–Crippen MR) is 140 cm³/mol. The van der Waals surface area contributed by atoms with E-state index in [0.29, 0.717) is 22.1 Å². The Labute approximate surface area is 212 Å². The zero-order valence-electron chi connectivity index (χ0n) is 20.4. The van der Waals surface area contributed by atoms with E-state index in [1.807, 2.05) is 12.1 Å². The van der Waals surface area contributed by atoms with E-state index < -0.39 is 17.7 Å². The van der Waals surface area contributed by atoms with E-state index >= 15 is 0 Å². The van der Waals surface area contributed by atoms with Gasteiger partial charge in [0.1, 0.15) is 17.6 Å². The number of ether oxygens (including phenoxy) is 1. The maximum absolute atomic E-state index is 13.4. The molecule has 1 N–H and O–H groups in total. The van der Waals surface area contributed by atoms with Gasteiger partial charge in [-0.2, -0.15) is 0 Å². The number of Topliss-reactive ketones (excluding diaryl/α,β-unsaturated/α-hetero) is 1. The minimum absolute atomic E-state index is 0.0402. The average Bonchev–Trinajstić information content (AvgIpc) is 3.41. The van der Waals surface area contributed by atoms with E-state index in [9.17, 15) is 14.7 Å². The highest BCUT2D eigenvalue weighted by molar-refractivity contribution is 7.22. The van der Waals surface area contributed by atoms with Crippen molar-refractivity contribution < 1.29 is 19.4 Å². The lowest BCUT2D eigenvalue weighted by atomic mass is 9.87. The molecule has 7 nitrogen and oxygen atoms in total. The van der Waals surface area contributed by atoms with Crippen LogP contribution in [0.3, 0.4) is 0 Å². The number of aliphatic hydroxyl groups excluding tert-OH is 1. The lowest BCUT2D eigenvalue weighted by molar-refractivity contribution is -0.132. The number of nitrogens with zero attached hydrogens (tertiary/aromatic N) is 3. The second-order valence-corrected chi connectivity index (χ2v) is 10.6. The van der Waals surface area contributed by atoms with E-state index in [2.05, 4.69) is 31.8 Å². The fourth-order valence-corrected chi connectivity index (χ4v) is 5.29. The van der Waals surface area contributed by atoms with Gasteiger partial charge >= 0.3 is 5.91 Å². The van der Waals surface area contributed by atoms with E-state index in [-0.39, 0.29) is 16.7 Å². The molecule has 4 aromatic rings. The second kappa shape index (κ2) is 8.87. The largest absolute Gasteiger partial charge is 0.507 e. The first-order valence-electron chi connectivity index (χ1n) is 11.5. The highest BCUT2D eigenvalue weighted by atomic mass is 32.1. The van der Waals surface area contributed by atoms with Crippen LogP contribution in [0.5, 0.6) is 5.75 Å². The molecule has 1 aliphatic rings. The van der Waals surface area contributed by atoms with Gasteiger partial charge in [0.05, 0.1) is 28.6 Å². The maximum Gasteiger partial charge on any atom is 0.301 e. The van der Waals surface area contributed by atoms with Gasteiger partial charge in [-0.25, -0.2) is 4.98 Å². The second-order valence-electron chi connectivity index (χ2n) is 9.58. The summed E-state index contributed by atoms with van der Waals surface area (Å²) in [5.41, 5.74) is 2.61. The predicted octanol–water partition coefficient (Wildman–Crippen LogP) is 5.62. The number of carbonyl (C=O) groups excluding carboxylic acids is 2. The topological polar surface area (TPSA) is 92.6 Å². The number of rotatable bonds is 4. The molecule has 1 aliphatic heterocycles. The van der Waals surface area contributed by atoms with Gasteiger partial charge in [0, 0.05) is 11.8 Å². The molecule has 0 radical (unpaired) electrons. The van der Waals surface area contributed by atoms with Crippen LogP contribution in [0.4, 0.5) is 5.13 Å². The number of aliphatic hydroxyl groups is 1. The summed E-state index contributed by atoms with van der Waals surface area (Å²) in [6, 6.07) is 17.1. The number of aromatic nitrogens is 2. The summed E-state index contributed by atoms with van der Waals surface area (Å²) in [5.74, 6) is -1.32. The van der Waals surface area contributed by atoms with Crippen LogP contribution in [-0.2, 0) is 15.0 Å². The molecule has 5 rings (SSSR count). The van der Waals surface area contributed by atoms with Crippen molar-refractivity contribution in [3.05, 3.63) is 89.3 Å². The van der Waals surface area contributed by atoms with Crippen molar-refractivity contribution in [2.75, 3.05) is 12.0 Å². The molecule has 1 saturated heterocycles. The number of pyridine rings is 1. The molecule has 182 valence electrons. The van der Waals surface area contributed by atoms with Gasteiger partial charge in [0.2, 0.25) is 0 Å². The van der Waals surface area contributed by atoms with Crippen molar-refractivity contribution in [3.63, 3.8) is 0 Å². The zero-order chi connectivity index (χ0) is 25.6. The number of anilines is 1. The molecule has 1 atom stereocenters. The molecule has 1 fully saturated rings. The molecule has 8 heteroatoms. The van der Waals surface area contributed by atoms with Crippen molar-refractivity contribution >= 4 is 44.1 Å². The summed E-state index contributed by atoms with van der Waals surface area (Å²) in [7, 11) is 1.52. The molecule has 0 spiro atoms. The lowest BCUT2D eigenvalue weighted by Crippen LogP contribution is -2.29. The monoisotopic (exact) mass is 499 g/mol. The van der Waals surface area contributed by atoms with Gasteiger partial charge in [-0.05, 0) is 47.4 Å². The van der Waals surface area contributed by atoms with Crippen molar-refractivity contribution in [3.8, 4) is 5.75 Å². The standard InChI is InChI=1S/C28H25N3O4S/c1-28(2,3)17-11-12-19-21(15-17)36-27(30-19)31-23(20-10-5-6-13-29-20)22(25(33)26(31)34)24(32)16-8-7-9-18(14-16)35-4/h5-15,23,32H,1-4H3/b24-22+. The van der Waals surface area contributed by atoms with Crippen LogP contribution in [0.1, 0.15) is 43.6 Å². The number of thiazole rings is 1. The number of methoxy groups -OCH3 is 1. The van der Waals surface area contributed by atoms with Gasteiger partial charge in [0.25, 0.3) is 5.78 Å². The normalized spacial score (nSPS) is 17.7. The molecule has 3 heterocycles. The molecule has 36 heavy (non-hydrogen) atoms. The molecule has 0 aliphatic carbocycles. The fraction of sp³-hybridized carbons (Fsp3) is 0.214. The number of fused-ring (bicyclic) bond motifs is 1. The summed E-state index contributed by atoms with van der Waals surface area (Å²) in [6.45, 7) is 6.40. The van der Waals surface area contributed by atoms with Gasteiger partial charge < -0.3 is 9.84 Å². The number of hydrogen-bond donors (Lipinski definition) is 1. The smallest absolute Gasteiger partial charge is 0.301 e. The van der Waals surface area contributed by atoms with Crippen LogP contribution < -0.4 is 9.64 Å². The Hall–Kier alpha value is -4.04. The number of amides is 1. The highest BCUT2D eigenvalue weighted by Gasteiger charge is 2.48. The van der Waals surface area contributed by atoms with Gasteiger partial charge in [-0.3, -0.25) is 19.5 Å². The lowest BCUT2D eigenvalue weighted by Gasteiger charge is -2.22. The minimum atomic E-state index is -0.931. The molecule has 0 saturated carbocycles. The first-order valence-corrected chi connectivity index (χ1v) is 12.3. The fourth-order valence-electron chi connectivity index (χ4n) is 4.26. The summed E-state index contributed by atoms with van der Waals surface area (Å²) in [6.07, 6.45) is 1.59. The van der Waals surface area contributed by atoms with Crippen LogP contribution in [0.2, 0.25) is 0 Å². The van der Waals surface area contributed by atoms with E-state index in [4.69, 9.17) is 9.72 Å². The number of hydrogen-bond acceptors (Lipinski definition) is 7. The van der Waals surface area contributed by atoms with E-state index in [1.165, 1.54) is 23.3 Å². The molecule has 1 unspecified atom stereocenters. The van der Waals surface area contributed by atoms with Gasteiger partial charge in [-0.15, -0.1) is 0 Å². The minimum Gasteiger partial charge on any atom is -0.507 e. The average molecular weight is 500 g/mol. The van der Waals surface area contributed by atoms with Crippen LogP contribution in [0.25, 0.3) is 16.0 Å². The highest BCUT2D eigenvalue weighted by Crippen LogP contribution is 2.44. The first-order chi connectivity index (χ1) is 17.2. The molecular weight excluding hydrogens is 474 g/mol. The summed E-state index contributed by atoms with van der Waals surface area (Å²) >= 11 is 1.33. The SMILES string of the molecule is COc1cccc(/C(O)=C2\C(=O)C(=O)N(c3nc4ccc(C(C)(C)C)cc4s3)C2c2ccccn2)c1. The summed E-state index contributed by atoms with van der Waals surface area (Å²) in [4.78, 5) is 37.2. The molecule has 2 aromatic carbocycles. The van der Waals surface area contributed by atoms with E-state index in [0.717, 1.165) is 15.8 Å². The third-order valence-electron chi connectivity index (χ3n) is 6.20. The Bertz CT molecular complexity index is 1520. The Morgan fingerprint density at radius 2 is 1.86 bits per heavy atom. The maximum atomic E-state index is 13.4. The Balaban J connectivity index is 1.69. The summed E-state index contributed by atoms with van der Waals surface area (Å²) in [5, 5.41) is 11.6. The Kier molecular flexibility index (Phi) is 5.84. The van der Waals surface area contributed by atoms with Crippen LogP contribution in [0, 0.1) is 0 Å². The van der Waals surface area contributed by atoms with Crippen LogP contribution in [0.15, 0.2) is 72.4 Å². The molecular formula is C28H25N3O4S. The van der Waals surface area contributed by atoms with Crippen molar-refractivity contribution in [1.29, 1.82) is 0 Å². The molecule has 2 aromatic heterocycles. The number of carbonyl (C=O) groups is 2. The summed E-state index contributed by atoms with van der Waals surface area (Å²) < 4.78 is 6.18. The quantitative estimate of drug-likeness (QED) is 0.222. The molecule has 1 amide bonds. The van der Waals surface area contributed by atoms with Crippen molar-refractivity contribution in [2.24, 2.45) is 0 Å². The zero-order valence-corrected chi connectivity index (χ0v) is 21.2. The number of benzene rings is 2.